The third-order valence-corrected chi connectivity index (χ3v) is 3.37. The van der Waals surface area contributed by atoms with Gasteiger partial charge in [0.1, 0.15) is 17.5 Å². The van der Waals surface area contributed by atoms with Crippen LogP contribution in [0.25, 0.3) is 0 Å². The molecule has 0 unspecified atom stereocenters. The van der Waals surface area contributed by atoms with E-state index in [-0.39, 0.29) is 5.91 Å². The molecule has 0 aromatic carbocycles. The van der Waals surface area contributed by atoms with E-state index in [9.17, 15) is 4.79 Å². The molecule has 17 heavy (non-hydrogen) atoms. The fourth-order valence-corrected chi connectivity index (χ4v) is 2.26. The highest BCUT2D eigenvalue weighted by Crippen LogP contribution is 2.19. The summed E-state index contributed by atoms with van der Waals surface area (Å²) >= 11 is 1.37. The molecule has 2 aromatic heterocycles. The van der Waals surface area contributed by atoms with Crippen LogP contribution in [0.15, 0.2) is 17.6 Å². The number of nitriles is 1. The Morgan fingerprint density at radius 1 is 1.65 bits per heavy atom. The van der Waals surface area contributed by atoms with Gasteiger partial charge in [0.05, 0.1) is 11.1 Å². The zero-order chi connectivity index (χ0) is 12.4. The van der Waals surface area contributed by atoms with E-state index in [1.54, 1.807) is 7.05 Å². The van der Waals surface area contributed by atoms with E-state index in [1.165, 1.54) is 22.2 Å². The van der Waals surface area contributed by atoms with Gasteiger partial charge in [-0.1, -0.05) is 0 Å². The van der Waals surface area contributed by atoms with Crippen LogP contribution in [0.3, 0.4) is 0 Å². The molecular weight excluding hydrogens is 236 g/mol. The molecule has 6 heteroatoms. The number of rotatable bonds is 2. The molecule has 86 valence electrons. The van der Waals surface area contributed by atoms with Crippen LogP contribution in [0.1, 0.15) is 20.8 Å². The highest BCUT2D eigenvalue weighted by atomic mass is 32.1. The van der Waals surface area contributed by atoms with Gasteiger partial charge in [-0.15, -0.1) is 11.3 Å². The minimum absolute atomic E-state index is 0.211. The van der Waals surface area contributed by atoms with Gasteiger partial charge in [0.2, 0.25) is 0 Å². The minimum atomic E-state index is -0.211. The molecule has 0 spiro atoms. The highest BCUT2D eigenvalue weighted by Gasteiger charge is 2.15. The van der Waals surface area contributed by atoms with E-state index in [2.05, 4.69) is 10.4 Å². The lowest BCUT2D eigenvalue weighted by molar-refractivity contribution is 0.102. The molecule has 0 saturated heterocycles. The summed E-state index contributed by atoms with van der Waals surface area (Å²) in [6.07, 6.45) is 1.43. The Kier molecular flexibility index (Phi) is 2.93. The monoisotopic (exact) mass is 246 g/mol. The number of aryl methyl sites for hydroxylation is 2. The van der Waals surface area contributed by atoms with Crippen molar-refractivity contribution in [2.24, 2.45) is 7.05 Å². The van der Waals surface area contributed by atoms with Crippen molar-refractivity contribution >= 4 is 23.1 Å². The van der Waals surface area contributed by atoms with Gasteiger partial charge in [0.25, 0.3) is 5.91 Å². The van der Waals surface area contributed by atoms with Crippen LogP contribution in [0, 0.1) is 18.3 Å². The Balaban J connectivity index is 2.28. The summed E-state index contributed by atoms with van der Waals surface area (Å²) in [5, 5.41) is 17.4. The lowest BCUT2D eigenvalue weighted by atomic mass is 10.3. The van der Waals surface area contributed by atoms with Gasteiger partial charge in [-0.05, 0) is 23.9 Å². The molecule has 5 nitrogen and oxygen atoms in total. The SMILES string of the molecule is Cc1ccsc1C(=O)Nc1c(C#N)cnn1C. The van der Waals surface area contributed by atoms with Crippen molar-refractivity contribution in [3.8, 4) is 6.07 Å². The molecular formula is C11H10N4OS. The summed E-state index contributed by atoms with van der Waals surface area (Å²) in [4.78, 5) is 12.6. The van der Waals surface area contributed by atoms with Gasteiger partial charge in [0, 0.05) is 7.05 Å². The maximum atomic E-state index is 12.0. The number of amides is 1. The van der Waals surface area contributed by atoms with Gasteiger partial charge in [-0.3, -0.25) is 9.48 Å². The normalized spacial score (nSPS) is 9.94. The standard InChI is InChI=1S/C11H10N4OS/c1-7-3-4-17-9(7)11(16)14-10-8(5-12)6-13-15(10)2/h3-4,6H,1-2H3,(H,14,16). The summed E-state index contributed by atoms with van der Waals surface area (Å²) in [5.74, 6) is 0.211. The van der Waals surface area contributed by atoms with Crippen LogP contribution in [-0.4, -0.2) is 15.7 Å². The maximum absolute atomic E-state index is 12.0. The number of hydrogen-bond donors (Lipinski definition) is 1. The van der Waals surface area contributed by atoms with Crippen molar-refractivity contribution in [2.45, 2.75) is 6.92 Å². The average Bonchev–Trinajstić information content (AvgIpc) is 2.87. The molecule has 2 aromatic rings. The molecule has 0 aliphatic heterocycles. The van der Waals surface area contributed by atoms with E-state index in [1.807, 2.05) is 24.4 Å². The van der Waals surface area contributed by atoms with Gasteiger partial charge in [0.15, 0.2) is 0 Å². The van der Waals surface area contributed by atoms with Crippen molar-refractivity contribution in [1.82, 2.24) is 9.78 Å². The summed E-state index contributed by atoms with van der Waals surface area (Å²) in [7, 11) is 1.68. The fraction of sp³-hybridized carbons (Fsp3) is 0.182. The van der Waals surface area contributed by atoms with Crippen LogP contribution in [0.2, 0.25) is 0 Å². The largest absolute Gasteiger partial charge is 0.305 e. The second-order valence-electron chi connectivity index (χ2n) is 3.53. The van der Waals surface area contributed by atoms with Gasteiger partial charge < -0.3 is 5.32 Å². The third kappa shape index (κ3) is 2.05. The molecule has 0 radical (unpaired) electrons. The molecule has 0 fully saturated rings. The number of hydrogen-bond acceptors (Lipinski definition) is 4. The molecule has 0 saturated carbocycles. The topological polar surface area (TPSA) is 70.7 Å². The lowest BCUT2D eigenvalue weighted by Gasteiger charge is -2.05. The quantitative estimate of drug-likeness (QED) is 0.879. The summed E-state index contributed by atoms with van der Waals surface area (Å²) in [5.41, 5.74) is 1.28. The maximum Gasteiger partial charge on any atom is 0.267 e. The summed E-state index contributed by atoms with van der Waals surface area (Å²) in [6.45, 7) is 1.87. The first-order chi connectivity index (χ1) is 8.13. The van der Waals surface area contributed by atoms with E-state index < -0.39 is 0 Å². The summed E-state index contributed by atoms with van der Waals surface area (Å²) in [6, 6.07) is 3.87. The molecule has 2 rings (SSSR count). The molecule has 0 bridgehead atoms. The van der Waals surface area contributed by atoms with Crippen LogP contribution in [-0.2, 0) is 7.05 Å². The number of anilines is 1. The molecule has 0 atom stereocenters. The van der Waals surface area contributed by atoms with Gasteiger partial charge in [-0.2, -0.15) is 10.4 Å². The highest BCUT2D eigenvalue weighted by molar-refractivity contribution is 7.12. The van der Waals surface area contributed by atoms with Crippen molar-refractivity contribution in [2.75, 3.05) is 5.32 Å². The Morgan fingerprint density at radius 2 is 2.41 bits per heavy atom. The van der Waals surface area contributed by atoms with Crippen molar-refractivity contribution in [3.05, 3.63) is 33.6 Å². The zero-order valence-electron chi connectivity index (χ0n) is 9.39. The van der Waals surface area contributed by atoms with Crippen molar-refractivity contribution in [1.29, 1.82) is 5.26 Å². The number of thiophene rings is 1. The van der Waals surface area contributed by atoms with E-state index in [0.717, 1.165) is 5.56 Å². The molecule has 1 N–H and O–H groups in total. The first-order valence-corrected chi connectivity index (χ1v) is 5.79. The minimum Gasteiger partial charge on any atom is -0.305 e. The van der Waals surface area contributed by atoms with Crippen LogP contribution in [0.5, 0.6) is 0 Å². The van der Waals surface area contributed by atoms with Crippen LogP contribution < -0.4 is 5.32 Å². The van der Waals surface area contributed by atoms with E-state index >= 15 is 0 Å². The lowest BCUT2D eigenvalue weighted by Crippen LogP contribution is -2.15. The smallest absolute Gasteiger partial charge is 0.267 e. The molecule has 0 aliphatic rings. The predicted octanol–water partition coefficient (Wildman–Crippen LogP) is 1.91. The number of nitrogens with zero attached hydrogens (tertiary/aromatic N) is 3. The average molecular weight is 246 g/mol. The first kappa shape index (κ1) is 11.4. The molecule has 1 amide bonds. The van der Waals surface area contributed by atoms with E-state index in [4.69, 9.17) is 5.26 Å². The van der Waals surface area contributed by atoms with Gasteiger partial charge in [-0.25, -0.2) is 0 Å². The van der Waals surface area contributed by atoms with Gasteiger partial charge >= 0.3 is 0 Å². The molecule has 0 aliphatic carbocycles. The second-order valence-corrected chi connectivity index (χ2v) is 4.45. The number of carbonyl (C=O) groups is 1. The zero-order valence-corrected chi connectivity index (χ0v) is 10.2. The Morgan fingerprint density at radius 3 is 3.00 bits per heavy atom. The second kappa shape index (κ2) is 4.39. The number of aromatic nitrogens is 2. The Labute approximate surface area is 102 Å². The number of nitrogens with one attached hydrogen (secondary N) is 1. The first-order valence-electron chi connectivity index (χ1n) is 4.91. The van der Waals surface area contributed by atoms with Crippen LogP contribution in [0.4, 0.5) is 5.82 Å². The van der Waals surface area contributed by atoms with Crippen molar-refractivity contribution < 1.29 is 4.79 Å². The molecule has 2 heterocycles. The Hall–Kier alpha value is -2.13. The predicted molar refractivity (Wildman–Crippen MR) is 64.9 cm³/mol. The number of carbonyl (C=O) groups excluding carboxylic acids is 1. The fourth-order valence-electron chi connectivity index (χ4n) is 1.44. The third-order valence-electron chi connectivity index (χ3n) is 2.36. The Bertz CT molecular complexity index is 605. The van der Waals surface area contributed by atoms with Crippen molar-refractivity contribution in [3.63, 3.8) is 0 Å². The van der Waals surface area contributed by atoms with E-state index in [0.29, 0.717) is 16.3 Å². The van der Waals surface area contributed by atoms with Crippen LogP contribution >= 0.6 is 11.3 Å². The summed E-state index contributed by atoms with van der Waals surface area (Å²) < 4.78 is 1.47.